The number of nitrogens with zero attached hydrogens (tertiary/aromatic N) is 4. The molecule has 0 atom stereocenters. The quantitative estimate of drug-likeness (QED) is 0.799. The van der Waals surface area contributed by atoms with Gasteiger partial charge in [0, 0.05) is 18.6 Å². The predicted octanol–water partition coefficient (Wildman–Crippen LogP) is 0.415. The number of hydrogen-bond donors (Lipinski definition) is 1. The largest absolute Gasteiger partial charge is 0.364 e. The third-order valence-electron chi connectivity index (χ3n) is 1.69. The summed E-state index contributed by atoms with van der Waals surface area (Å²) in [6, 6.07) is 1.48. The van der Waals surface area contributed by atoms with Crippen LogP contribution in [0, 0.1) is 0 Å². The third kappa shape index (κ3) is 1.79. The molecule has 0 aromatic carbocycles. The van der Waals surface area contributed by atoms with Crippen molar-refractivity contribution in [3.05, 3.63) is 35.5 Å². The zero-order chi connectivity index (χ0) is 10.8. The molecule has 0 saturated heterocycles. The van der Waals surface area contributed by atoms with Gasteiger partial charge in [-0.2, -0.15) is 5.10 Å². The number of amides is 1. The maximum atomic E-state index is 10.8. The van der Waals surface area contributed by atoms with Crippen molar-refractivity contribution in [3.63, 3.8) is 0 Å². The van der Waals surface area contributed by atoms with Crippen LogP contribution < -0.4 is 5.73 Å². The summed E-state index contributed by atoms with van der Waals surface area (Å²) >= 11 is 5.80. The number of carbonyl (C=O) groups excluding carboxylic acids is 1. The molecule has 2 rings (SSSR count). The van der Waals surface area contributed by atoms with E-state index >= 15 is 0 Å². The van der Waals surface area contributed by atoms with Crippen LogP contribution in [0.2, 0.25) is 5.15 Å². The van der Waals surface area contributed by atoms with Crippen LogP contribution in [0.25, 0.3) is 5.82 Å². The Bertz CT molecular complexity index is 509. The molecule has 0 spiro atoms. The highest BCUT2D eigenvalue weighted by Crippen LogP contribution is 2.13. The van der Waals surface area contributed by atoms with Crippen LogP contribution in [0.4, 0.5) is 0 Å². The van der Waals surface area contributed by atoms with Gasteiger partial charge < -0.3 is 5.73 Å². The zero-order valence-corrected chi connectivity index (χ0v) is 8.22. The normalized spacial score (nSPS) is 10.2. The van der Waals surface area contributed by atoms with Gasteiger partial charge in [-0.1, -0.05) is 11.6 Å². The molecule has 2 aromatic rings. The van der Waals surface area contributed by atoms with Gasteiger partial charge in [0.15, 0.2) is 11.0 Å². The summed E-state index contributed by atoms with van der Waals surface area (Å²) in [6.07, 6.45) is 4.48. The lowest BCUT2D eigenvalue weighted by Gasteiger charge is -2.00. The first-order valence-corrected chi connectivity index (χ1v) is 4.38. The minimum atomic E-state index is -0.603. The van der Waals surface area contributed by atoms with E-state index in [2.05, 4.69) is 15.1 Å². The monoisotopic (exact) mass is 223 g/mol. The molecular formula is C8H6ClN5O. The number of rotatable bonds is 2. The molecule has 0 aliphatic heterocycles. The Kier molecular flexibility index (Phi) is 2.34. The average molecular weight is 224 g/mol. The van der Waals surface area contributed by atoms with E-state index in [9.17, 15) is 4.79 Å². The summed E-state index contributed by atoms with van der Waals surface area (Å²) in [5, 5.41) is 4.10. The number of nitrogens with two attached hydrogens (primary N) is 1. The average Bonchev–Trinajstić information content (AvgIpc) is 2.67. The SMILES string of the molecule is NC(=O)c1ccn(-c2nccnc2Cl)n1. The Morgan fingerprint density at radius 1 is 1.40 bits per heavy atom. The Hall–Kier alpha value is -1.95. The maximum absolute atomic E-state index is 10.8. The summed E-state index contributed by atoms with van der Waals surface area (Å²) in [6.45, 7) is 0. The van der Waals surface area contributed by atoms with Crippen molar-refractivity contribution in [1.29, 1.82) is 0 Å². The van der Waals surface area contributed by atoms with E-state index in [0.29, 0.717) is 5.82 Å². The summed E-state index contributed by atoms with van der Waals surface area (Å²) in [7, 11) is 0. The fraction of sp³-hybridized carbons (Fsp3) is 0. The minimum absolute atomic E-state index is 0.150. The number of carbonyl (C=O) groups is 1. The molecule has 0 bridgehead atoms. The van der Waals surface area contributed by atoms with E-state index in [0.717, 1.165) is 0 Å². The Balaban J connectivity index is 2.46. The molecule has 0 radical (unpaired) electrons. The van der Waals surface area contributed by atoms with Gasteiger partial charge in [-0.3, -0.25) is 4.79 Å². The molecule has 0 aliphatic carbocycles. The Morgan fingerprint density at radius 3 is 2.73 bits per heavy atom. The van der Waals surface area contributed by atoms with Gasteiger partial charge in [-0.25, -0.2) is 14.6 Å². The van der Waals surface area contributed by atoms with Crippen molar-refractivity contribution in [2.75, 3.05) is 0 Å². The molecule has 0 fully saturated rings. The minimum Gasteiger partial charge on any atom is -0.364 e. The van der Waals surface area contributed by atoms with E-state index < -0.39 is 5.91 Å². The van der Waals surface area contributed by atoms with Crippen molar-refractivity contribution < 1.29 is 4.79 Å². The zero-order valence-electron chi connectivity index (χ0n) is 7.46. The highest BCUT2D eigenvalue weighted by Gasteiger charge is 2.09. The lowest BCUT2D eigenvalue weighted by Crippen LogP contribution is -2.12. The van der Waals surface area contributed by atoms with Crippen LogP contribution in [-0.2, 0) is 0 Å². The first kappa shape index (κ1) is 9.60. The van der Waals surface area contributed by atoms with Gasteiger partial charge in [0.25, 0.3) is 5.91 Å². The van der Waals surface area contributed by atoms with Gasteiger partial charge >= 0.3 is 0 Å². The summed E-state index contributed by atoms with van der Waals surface area (Å²) in [5.74, 6) is -0.250. The highest BCUT2D eigenvalue weighted by molar-refractivity contribution is 6.30. The second-order valence-corrected chi connectivity index (χ2v) is 3.04. The molecular weight excluding hydrogens is 218 g/mol. The predicted molar refractivity (Wildman–Crippen MR) is 52.7 cm³/mol. The van der Waals surface area contributed by atoms with E-state index in [4.69, 9.17) is 17.3 Å². The molecule has 7 heteroatoms. The molecule has 2 heterocycles. The highest BCUT2D eigenvalue weighted by atomic mass is 35.5. The second-order valence-electron chi connectivity index (χ2n) is 2.68. The summed E-state index contributed by atoms with van der Waals surface area (Å²) < 4.78 is 1.34. The topological polar surface area (TPSA) is 86.7 Å². The van der Waals surface area contributed by atoms with E-state index in [-0.39, 0.29) is 10.8 Å². The van der Waals surface area contributed by atoms with Crippen LogP contribution >= 0.6 is 11.6 Å². The van der Waals surface area contributed by atoms with Gasteiger partial charge in [-0.05, 0) is 6.07 Å². The smallest absolute Gasteiger partial charge is 0.269 e. The van der Waals surface area contributed by atoms with E-state index in [1.165, 1.54) is 29.3 Å². The molecule has 1 amide bonds. The van der Waals surface area contributed by atoms with Crippen LogP contribution in [0.3, 0.4) is 0 Å². The lowest BCUT2D eigenvalue weighted by atomic mass is 10.4. The van der Waals surface area contributed by atoms with Crippen LogP contribution in [0.1, 0.15) is 10.5 Å². The van der Waals surface area contributed by atoms with Crippen molar-refractivity contribution >= 4 is 17.5 Å². The number of hydrogen-bond acceptors (Lipinski definition) is 4. The van der Waals surface area contributed by atoms with Gasteiger partial charge in [0.05, 0.1) is 0 Å². The summed E-state index contributed by atoms with van der Waals surface area (Å²) in [5.41, 5.74) is 5.21. The molecule has 76 valence electrons. The van der Waals surface area contributed by atoms with E-state index in [1.807, 2.05) is 0 Å². The molecule has 0 aliphatic rings. The van der Waals surface area contributed by atoms with Crippen LogP contribution in [0.15, 0.2) is 24.7 Å². The molecule has 2 aromatic heterocycles. The fourth-order valence-corrected chi connectivity index (χ4v) is 1.23. The number of aromatic nitrogens is 4. The third-order valence-corrected chi connectivity index (χ3v) is 1.96. The standard InChI is InChI=1S/C8H6ClN5O/c9-6-8(12-3-2-11-6)14-4-1-5(13-14)7(10)15/h1-4H,(H2,10,15). The van der Waals surface area contributed by atoms with Crippen LogP contribution in [-0.4, -0.2) is 25.7 Å². The van der Waals surface area contributed by atoms with Crippen LogP contribution in [0.5, 0.6) is 0 Å². The Morgan fingerprint density at radius 2 is 2.13 bits per heavy atom. The molecule has 2 N–H and O–H groups in total. The summed E-state index contributed by atoms with van der Waals surface area (Å²) in [4.78, 5) is 18.6. The van der Waals surface area contributed by atoms with Crippen molar-refractivity contribution in [2.45, 2.75) is 0 Å². The second kappa shape index (κ2) is 3.66. The van der Waals surface area contributed by atoms with Crippen molar-refractivity contribution in [1.82, 2.24) is 19.7 Å². The lowest BCUT2D eigenvalue weighted by molar-refractivity contribution is 0.0995. The maximum Gasteiger partial charge on any atom is 0.269 e. The van der Waals surface area contributed by atoms with E-state index in [1.54, 1.807) is 0 Å². The van der Waals surface area contributed by atoms with Gasteiger partial charge in [0.2, 0.25) is 0 Å². The fourth-order valence-electron chi connectivity index (χ4n) is 1.04. The molecule has 0 saturated carbocycles. The van der Waals surface area contributed by atoms with Gasteiger partial charge in [-0.15, -0.1) is 0 Å². The first-order chi connectivity index (χ1) is 7.18. The van der Waals surface area contributed by atoms with Gasteiger partial charge in [0.1, 0.15) is 5.69 Å². The first-order valence-electron chi connectivity index (χ1n) is 4.01. The van der Waals surface area contributed by atoms with Crippen molar-refractivity contribution in [2.24, 2.45) is 5.73 Å². The van der Waals surface area contributed by atoms with Crippen molar-refractivity contribution in [3.8, 4) is 5.82 Å². The Labute approximate surface area is 89.7 Å². The molecule has 0 unspecified atom stereocenters. The molecule has 15 heavy (non-hydrogen) atoms. The molecule has 6 nitrogen and oxygen atoms in total. The number of primary amides is 1. The number of halogens is 1.